The van der Waals surface area contributed by atoms with E-state index in [9.17, 15) is 15.0 Å². The third-order valence-corrected chi connectivity index (χ3v) is 2.96. The number of nitrogens with zero attached hydrogens (tertiary/aromatic N) is 1. The highest BCUT2D eigenvalue weighted by atomic mass is 16.3. The third kappa shape index (κ3) is 1.96. The van der Waals surface area contributed by atoms with Crippen molar-refractivity contribution < 1.29 is 15.0 Å². The fourth-order valence-corrected chi connectivity index (χ4v) is 2.12. The summed E-state index contributed by atoms with van der Waals surface area (Å²) in [6.07, 6.45) is 2.02. The van der Waals surface area contributed by atoms with Gasteiger partial charge in [-0.1, -0.05) is 0 Å². The average Bonchev–Trinajstić information content (AvgIpc) is 2.62. The van der Waals surface area contributed by atoms with Crippen molar-refractivity contribution in [3.63, 3.8) is 0 Å². The van der Waals surface area contributed by atoms with E-state index in [-0.39, 0.29) is 23.4 Å². The molecule has 0 aliphatic carbocycles. The number of phenolic OH excluding ortho intramolecular Hbond substituents is 2. The van der Waals surface area contributed by atoms with Gasteiger partial charge in [0.2, 0.25) is 0 Å². The molecule has 2 rings (SSSR count). The predicted molar refractivity (Wildman–Crippen MR) is 59.5 cm³/mol. The summed E-state index contributed by atoms with van der Waals surface area (Å²) in [6.45, 7) is 2.75. The zero-order valence-electron chi connectivity index (χ0n) is 9.18. The Balaban J connectivity index is 2.26. The molecule has 16 heavy (non-hydrogen) atoms. The SMILES string of the molecule is CC1CCCN1C(=O)c1cc(O)cc(O)c1. The Hall–Kier alpha value is -1.71. The van der Waals surface area contributed by atoms with Gasteiger partial charge < -0.3 is 15.1 Å². The van der Waals surface area contributed by atoms with Crippen molar-refractivity contribution in [2.45, 2.75) is 25.8 Å². The van der Waals surface area contributed by atoms with E-state index in [2.05, 4.69) is 0 Å². The van der Waals surface area contributed by atoms with Crippen molar-refractivity contribution in [3.05, 3.63) is 23.8 Å². The van der Waals surface area contributed by atoms with Crippen LogP contribution in [0.15, 0.2) is 18.2 Å². The molecule has 2 N–H and O–H groups in total. The van der Waals surface area contributed by atoms with Crippen LogP contribution in [0.3, 0.4) is 0 Å². The monoisotopic (exact) mass is 221 g/mol. The first kappa shape index (κ1) is 10.8. The molecule has 1 heterocycles. The molecule has 1 amide bonds. The summed E-state index contributed by atoms with van der Waals surface area (Å²) < 4.78 is 0. The summed E-state index contributed by atoms with van der Waals surface area (Å²) in [5, 5.41) is 18.6. The maximum Gasteiger partial charge on any atom is 0.254 e. The molecule has 4 heteroatoms. The van der Waals surface area contributed by atoms with Gasteiger partial charge in [0, 0.05) is 24.2 Å². The standard InChI is InChI=1S/C12H15NO3/c1-8-3-2-4-13(8)12(16)9-5-10(14)7-11(15)6-9/h5-8,14-15H,2-4H2,1H3. The van der Waals surface area contributed by atoms with E-state index >= 15 is 0 Å². The van der Waals surface area contributed by atoms with Gasteiger partial charge >= 0.3 is 0 Å². The van der Waals surface area contributed by atoms with E-state index in [1.807, 2.05) is 6.92 Å². The number of carbonyl (C=O) groups excluding carboxylic acids is 1. The van der Waals surface area contributed by atoms with Crippen LogP contribution in [0.4, 0.5) is 0 Å². The summed E-state index contributed by atoms with van der Waals surface area (Å²) in [5.41, 5.74) is 0.339. The summed E-state index contributed by atoms with van der Waals surface area (Å²) in [4.78, 5) is 13.8. The molecule has 1 fully saturated rings. The molecule has 0 bridgehead atoms. The van der Waals surface area contributed by atoms with Gasteiger partial charge in [-0.3, -0.25) is 4.79 Å². The molecule has 1 aromatic rings. The topological polar surface area (TPSA) is 60.8 Å². The lowest BCUT2D eigenvalue weighted by Crippen LogP contribution is -2.33. The van der Waals surface area contributed by atoms with Gasteiger partial charge in [-0.05, 0) is 31.9 Å². The number of phenols is 2. The molecule has 1 aliphatic rings. The van der Waals surface area contributed by atoms with Crippen molar-refractivity contribution in [2.75, 3.05) is 6.54 Å². The molecule has 1 saturated heterocycles. The van der Waals surface area contributed by atoms with Gasteiger partial charge in [0.05, 0.1) is 0 Å². The number of hydrogen-bond donors (Lipinski definition) is 2. The van der Waals surface area contributed by atoms with Crippen LogP contribution >= 0.6 is 0 Å². The van der Waals surface area contributed by atoms with Gasteiger partial charge in [-0.15, -0.1) is 0 Å². The van der Waals surface area contributed by atoms with Crippen LogP contribution in [0.1, 0.15) is 30.1 Å². The Labute approximate surface area is 94.1 Å². The summed E-state index contributed by atoms with van der Waals surface area (Å²) in [6, 6.07) is 4.21. The number of aromatic hydroxyl groups is 2. The number of likely N-dealkylation sites (tertiary alicyclic amines) is 1. The Bertz CT molecular complexity index is 396. The van der Waals surface area contributed by atoms with E-state index < -0.39 is 0 Å². The zero-order chi connectivity index (χ0) is 11.7. The lowest BCUT2D eigenvalue weighted by Gasteiger charge is -2.21. The van der Waals surface area contributed by atoms with Crippen molar-refractivity contribution in [1.82, 2.24) is 4.90 Å². The molecular formula is C12H15NO3. The van der Waals surface area contributed by atoms with Gasteiger partial charge in [-0.25, -0.2) is 0 Å². The number of hydrogen-bond acceptors (Lipinski definition) is 3. The van der Waals surface area contributed by atoms with Crippen LogP contribution in [0, 0.1) is 0 Å². The lowest BCUT2D eigenvalue weighted by atomic mass is 10.1. The third-order valence-electron chi connectivity index (χ3n) is 2.96. The molecule has 86 valence electrons. The lowest BCUT2D eigenvalue weighted by molar-refractivity contribution is 0.0746. The van der Waals surface area contributed by atoms with Crippen LogP contribution < -0.4 is 0 Å². The smallest absolute Gasteiger partial charge is 0.254 e. The second-order valence-electron chi connectivity index (χ2n) is 4.23. The summed E-state index contributed by atoms with van der Waals surface area (Å²) in [7, 11) is 0. The van der Waals surface area contributed by atoms with Gasteiger partial charge in [0.15, 0.2) is 0 Å². The van der Waals surface area contributed by atoms with E-state index in [1.54, 1.807) is 4.90 Å². The molecule has 0 saturated carbocycles. The van der Waals surface area contributed by atoms with E-state index in [1.165, 1.54) is 18.2 Å². The average molecular weight is 221 g/mol. The van der Waals surface area contributed by atoms with Crippen molar-refractivity contribution in [1.29, 1.82) is 0 Å². The minimum Gasteiger partial charge on any atom is -0.508 e. The first-order valence-corrected chi connectivity index (χ1v) is 5.42. The first-order chi connectivity index (χ1) is 7.58. The number of carbonyl (C=O) groups is 1. The second-order valence-corrected chi connectivity index (χ2v) is 4.23. The highest BCUT2D eigenvalue weighted by Crippen LogP contribution is 2.24. The highest BCUT2D eigenvalue weighted by Gasteiger charge is 2.26. The van der Waals surface area contributed by atoms with Crippen LogP contribution in [-0.4, -0.2) is 33.6 Å². The second kappa shape index (κ2) is 4.04. The van der Waals surface area contributed by atoms with Crippen LogP contribution in [-0.2, 0) is 0 Å². The normalized spacial score (nSPS) is 20.1. The zero-order valence-corrected chi connectivity index (χ0v) is 9.18. The van der Waals surface area contributed by atoms with Crippen LogP contribution in [0.2, 0.25) is 0 Å². The molecule has 1 aliphatic heterocycles. The largest absolute Gasteiger partial charge is 0.508 e. The quantitative estimate of drug-likeness (QED) is 0.759. The number of benzene rings is 1. The Morgan fingerprint density at radius 1 is 1.31 bits per heavy atom. The minimum atomic E-state index is -0.129. The Kier molecular flexibility index (Phi) is 2.73. The Morgan fingerprint density at radius 2 is 1.94 bits per heavy atom. The van der Waals surface area contributed by atoms with Crippen LogP contribution in [0.5, 0.6) is 11.5 Å². The molecule has 4 nitrogen and oxygen atoms in total. The van der Waals surface area contributed by atoms with E-state index in [4.69, 9.17) is 0 Å². The van der Waals surface area contributed by atoms with Gasteiger partial charge in [-0.2, -0.15) is 0 Å². The van der Waals surface area contributed by atoms with Crippen molar-refractivity contribution >= 4 is 5.91 Å². The minimum absolute atomic E-state index is 0.0878. The molecule has 1 unspecified atom stereocenters. The molecule has 1 atom stereocenters. The first-order valence-electron chi connectivity index (χ1n) is 5.42. The molecule has 0 aromatic heterocycles. The van der Waals surface area contributed by atoms with E-state index in [0.29, 0.717) is 5.56 Å². The molecular weight excluding hydrogens is 206 g/mol. The summed E-state index contributed by atoms with van der Waals surface area (Å²) >= 11 is 0. The summed E-state index contributed by atoms with van der Waals surface area (Å²) in [5.74, 6) is -0.304. The van der Waals surface area contributed by atoms with Crippen molar-refractivity contribution in [2.24, 2.45) is 0 Å². The number of rotatable bonds is 1. The maximum absolute atomic E-state index is 12.1. The maximum atomic E-state index is 12.1. The fourth-order valence-electron chi connectivity index (χ4n) is 2.12. The molecule has 0 spiro atoms. The predicted octanol–water partition coefficient (Wildman–Crippen LogP) is 1.72. The Morgan fingerprint density at radius 3 is 2.44 bits per heavy atom. The number of amides is 1. The van der Waals surface area contributed by atoms with E-state index in [0.717, 1.165) is 19.4 Å². The van der Waals surface area contributed by atoms with Gasteiger partial charge in [0.1, 0.15) is 11.5 Å². The van der Waals surface area contributed by atoms with Crippen molar-refractivity contribution in [3.8, 4) is 11.5 Å². The van der Waals surface area contributed by atoms with Gasteiger partial charge in [0.25, 0.3) is 5.91 Å². The van der Waals surface area contributed by atoms with Crippen LogP contribution in [0.25, 0.3) is 0 Å². The fraction of sp³-hybridized carbons (Fsp3) is 0.417. The highest BCUT2D eigenvalue weighted by molar-refractivity contribution is 5.95. The molecule has 1 aromatic carbocycles. The molecule has 0 radical (unpaired) electrons.